The lowest BCUT2D eigenvalue weighted by molar-refractivity contribution is -0.120. The highest BCUT2D eigenvalue weighted by molar-refractivity contribution is 7.91. The maximum atomic E-state index is 12.7. The van der Waals surface area contributed by atoms with Gasteiger partial charge in [-0.3, -0.25) is 9.48 Å². The first-order valence-electron chi connectivity index (χ1n) is 7.73. The summed E-state index contributed by atoms with van der Waals surface area (Å²) in [6.45, 7) is 2.54. The normalized spacial score (nSPS) is 19.3. The summed E-state index contributed by atoms with van der Waals surface area (Å²) in [4.78, 5) is 13.4. The summed E-state index contributed by atoms with van der Waals surface area (Å²) in [5.74, 6) is -0.0658. The van der Waals surface area contributed by atoms with E-state index < -0.39 is 10.0 Å². The average Bonchev–Trinajstić information content (AvgIpc) is 3.16. The van der Waals surface area contributed by atoms with Crippen LogP contribution in [0.2, 0.25) is 0 Å². The van der Waals surface area contributed by atoms with Crippen LogP contribution in [0, 0.1) is 12.8 Å². The maximum absolute atomic E-state index is 12.7. The van der Waals surface area contributed by atoms with Crippen molar-refractivity contribution in [3.63, 3.8) is 0 Å². The second-order valence-electron chi connectivity index (χ2n) is 5.93. The third kappa shape index (κ3) is 3.52. The Morgan fingerprint density at radius 3 is 2.79 bits per heavy atom. The van der Waals surface area contributed by atoms with Gasteiger partial charge in [0, 0.05) is 37.3 Å². The fourth-order valence-corrected chi connectivity index (χ4v) is 5.72. The van der Waals surface area contributed by atoms with Gasteiger partial charge in [0.15, 0.2) is 5.82 Å². The minimum absolute atomic E-state index is 0.184. The number of sulfonamides is 1. The number of hydrogen-bond donors (Lipinski definition) is 1. The van der Waals surface area contributed by atoms with Crippen molar-refractivity contribution >= 4 is 33.1 Å². The molecule has 130 valence electrons. The molecule has 0 spiro atoms. The van der Waals surface area contributed by atoms with Crippen molar-refractivity contribution in [3.05, 3.63) is 29.3 Å². The number of nitrogens with one attached hydrogen (secondary N) is 1. The number of rotatable bonds is 4. The quantitative estimate of drug-likeness (QED) is 0.892. The van der Waals surface area contributed by atoms with Crippen molar-refractivity contribution in [3.8, 4) is 0 Å². The Morgan fingerprint density at radius 1 is 1.38 bits per heavy atom. The molecule has 7 nitrogen and oxygen atoms in total. The van der Waals surface area contributed by atoms with E-state index in [1.807, 2.05) is 6.92 Å². The van der Waals surface area contributed by atoms with Gasteiger partial charge < -0.3 is 5.32 Å². The molecule has 1 amide bonds. The molecule has 0 bridgehead atoms. The van der Waals surface area contributed by atoms with Crippen LogP contribution in [0.25, 0.3) is 0 Å². The van der Waals surface area contributed by atoms with Crippen LogP contribution in [0.3, 0.4) is 0 Å². The smallest absolute Gasteiger partial charge is 0.252 e. The second kappa shape index (κ2) is 6.66. The van der Waals surface area contributed by atoms with E-state index in [0.29, 0.717) is 29.4 Å². The molecule has 1 aliphatic rings. The summed E-state index contributed by atoms with van der Waals surface area (Å²) in [6.07, 6.45) is 3.09. The minimum Gasteiger partial charge on any atom is -0.309 e. The molecule has 0 saturated carbocycles. The zero-order valence-corrected chi connectivity index (χ0v) is 15.2. The molecule has 3 rings (SSSR count). The zero-order chi connectivity index (χ0) is 17.3. The van der Waals surface area contributed by atoms with E-state index in [0.717, 1.165) is 4.88 Å². The molecule has 1 unspecified atom stereocenters. The van der Waals surface area contributed by atoms with Crippen LogP contribution in [0.5, 0.6) is 0 Å². The number of carbonyl (C=O) groups is 1. The lowest BCUT2D eigenvalue weighted by Gasteiger charge is -2.30. The highest BCUT2D eigenvalue weighted by atomic mass is 32.2. The molecule has 9 heteroatoms. The third-order valence-electron chi connectivity index (χ3n) is 4.03. The average molecular weight is 368 g/mol. The SMILES string of the molecule is Cc1ccc(S(=O)(=O)N2CCCC(C(=O)Nc3ccn(C)n3)C2)s1. The molecule has 24 heavy (non-hydrogen) atoms. The van der Waals surface area contributed by atoms with Gasteiger partial charge in [-0.25, -0.2) is 8.42 Å². The third-order valence-corrected chi connectivity index (χ3v) is 7.36. The monoisotopic (exact) mass is 368 g/mol. The van der Waals surface area contributed by atoms with Gasteiger partial charge in [-0.2, -0.15) is 9.40 Å². The number of hydrogen-bond acceptors (Lipinski definition) is 5. The van der Waals surface area contributed by atoms with Gasteiger partial charge in [0.05, 0.1) is 5.92 Å². The summed E-state index contributed by atoms with van der Waals surface area (Å²) in [6, 6.07) is 5.14. The minimum atomic E-state index is -3.52. The molecule has 3 heterocycles. The van der Waals surface area contributed by atoms with Gasteiger partial charge in [0.2, 0.25) is 5.91 Å². The van der Waals surface area contributed by atoms with Crippen molar-refractivity contribution in [2.24, 2.45) is 13.0 Å². The van der Waals surface area contributed by atoms with Crippen LogP contribution in [-0.2, 0) is 21.9 Å². The van der Waals surface area contributed by atoms with E-state index >= 15 is 0 Å². The van der Waals surface area contributed by atoms with Gasteiger partial charge in [-0.15, -0.1) is 11.3 Å². The van der Waals surface area contributed by atoms with Gasteiger partial charge in [-0.05, 0) is 31.9 Å². The molecule has 2 aromatic rings. The van der Waals surface area contributed by atoms with Crippen molar-refractivity contribution in [2.45, 2.75) is 24.0 Å². The van der Waals surface area contributed by atoms with E-state index in [2.05, 4.69) is 10.4 Å². The van der Waals surface area contributed by atoms with E-state index in [1.54, 1.807) is 36.1 Å². The van der Waals surface area contributed by atoms with Crippen LogP contribution in [0.15, 0.2) is 28.6 Å². The van der Waals surface area contributed by atoms with E-state index in [1.165, 1.54) is 15.6 Å². The molecular weight excluding hydrogens is 348 g/mol. The molecule has 1 N–H and O–H groups in total. The Labute approximate surface area is 145 Å². The Balaban J connectivity index is 1.71. The Bertz CT molecular complexity index is 841. The first kappa shape index (κ1) is 17.1. The molecule has 0 aliphatic carbocycles. The van der Waals surface area contributed by atoms with Crippen molar-refractivity contribution in [1.82, 2.24) is 14.1 Å². The molecule has 0 radical (unpaired) electrons. The second-order valence-corrected chi connectivity index (χ2v) is 9.38. The molecule has 1 atom stereocenters. The van der Waals surface area contributed by atoms with Crippen molar-refractivity contribution < 1.29 is 13.2 Å². The van der Waals surface area contributed by atoms with Crippen LogP contribution >= 0.6 is 11.3 Å². The topological polar surface area (TPSA) is 84.3 Å². The fourth-order valence-electron chi connectivity index (χ4n) is 2.76. The van der Waals surface area contributed by atoms with E-state index in [-0.39, 0.29) is 18.4 Å². The van der Waals surface area contributed by atoms with E-state index in [4.69, 9.17) is 0 Å². The Morgan fingerprint density at radius 2 is 2.17 bits per heavy atom. The Kier molecular flexibility index (Phi) is 4.75. The van der Waals surface area contributed by atoms with Crippen LogP contribution in [0.1, 0.15) is 17.7 Å². The molecule has 0 aromatic carbocycles. The number of piperidine rings is 1. The number of amides is 1. The molecule has 1 fully saturated rings. The predicted octanol–water partition coefficient (Wildman–Crippen LogP) is 1.83. The largest absolute Gasteiger partial charge is 0.309 e. The maximum Gasteiger partial charge on any atom is 0.252 e. The summed E-state index contributed by atoms with van der Waals surface area (Å²) in [5, 5.41) is 6.88. The van der Waals surface area contributed by atoms with E-state index in [9.17, 15) is 13.2 Å². The first-order valence-corrected chi connectivity index (χ1v) is 9.99. The van der Waals surface area contributed by atoms with Gasteiger partial charge in [0.1, 0.15) is 4.21 Å². The standard InChI is InChI=1S/C15H20N4O3S2/c1-11-5-6-14(23-11)24(21,22)19-8-3-4-12(10-19)15(20)16-13-7-9-18(2)17-13/h5-7,9,12H,3-4,8,10H2,1-2H3,(H,16,17,20). The van der Waals surface area contributed by atoms with Gasteiger partial charge in [-0.1, -0.05) is 0 Å². The molecule has 1 saturated heterocycles. The number of thiophene rings is 1. The summed E-state index contributed by atoms with van der Waals surface area (Å²) in [5.41, 5.74) is 0. The Hall–Kier alpha value is -1.71. The lowest BCUT2D eigenvalue weighted by atomic mass is 9.99. The zero-order valence-electron chi connectivity index (χ0n) is 13.6. The van der Waals surface area contributed by atoms with Crippen LogP contribution in [-0.4, -0.2) is 41.5 Å². The summed E-state index contributed by atoms with van der Waals surface area (Å²) >= 11 is 1.26. The summed E-state index contributed by atoms with van der Waals surface area (Å²) in [7, 11) is -1.75. The number of aromatic nitrogens is 2. The van der Waals surface area contributed by atoms with Crippen LogP contribution < -0.4 is 5.32 Å². The van der Waals surface area contributed by atoms with Gasteiger partial charge >= 0.3 is 0 Å². The molecule has 2 aromatic heterocycles. The lowest BCUT2D eigenvalue weighted by Crippen LogP contribution is -2.43. The highest BCUT2D eigenvalue weighted by Gasteiger charge is 2.34. The highest BCUT2D eigenvalue weighted by Crippen LogP contribution is 2.28. The van der Waals surface area contributed by atoms with Gasteiger partial charge in [0.25, 0.3) is 10.0 Å². The summed E-state index contributed by atoms with van der Waals surface area (Å²) < 4.78 is 28.8. The number of carbonyl (C=O) groups excluding carboxylic acids is 1. The van der Waals surface area contributed by atoms with Crippen molar-refractivity contribution in [1.29, 1.82) is 0 Å². The predicted molar refractivity (Wildman–Crippen MR) is 92.4 cm³/mol. The first-order chi connectivity index (χ1) is 11.4. The molecule has 1 aliphatic heterocycles. The number of anilines is 1. The molecular formula is C15H20N4O3S2. The van der Waals surface area contributed by atoms with Crippen molar-refractivity contribution in [2.75, 3.05) is 18.4 Å². The number of nitrogens with zero attached hydrogens (tertiary/aromatic N) is 3. The fraction of sp³-hybridized carbons (Fsp3) is 0.467. The number of aryl methyl sites for hydroxylation is 2. The van der Waals surface area contributed by atoms with Crippen LogP contribution in [0.4, 0.5) is 5.82 Å².